The number of hydrogen-bond donors (Lipinski definition) is 3. The molecule has 1 aromatic carbocycles. The van der Waals surface area contributed by atoms with Gasteiger partial charge in [0.05, 0.1) is 0 Å². The summed E-state index contributed by atoms with van der Waals surface area (Å²) >= 11 is 0. The lowest BCUT2D eigenvalue weighted by atomic mass is 9.91. The van der Waals surface area contributed by atoms with Crippen LogP contribution < -0.4 is 5.73 Å². The molecule has 0 saturated carbocycles. The SMILES string of the molecule is NC(C(=O)O)(C(=O)O)c1cc[c]cc1. The van der Waals surface area contributed by atoms with Crippen LogP contribution in [0.25, 0.3) is 0 Å². The van der Waals surface area contributed by atoms with E-state index >= 15 is 0 Å². The number of carbonyl (C=O) groups is 2. The summed E-state index contributed by atoms with van der Waals surface area (Å²) in [4.78, 5) is 21.5. The topological polar surface area (TPSA) is 101 Å². The van der Waals surface area contributed by atoms with Crippen molar-refractivity contribution >= 4 is 11.9 Å². The molecule has 0 aliphatic rings. The van der Waals surface area contributed by atoms with Crippen LogP contribution in [0.4, 0.5) is 0 Å². The maximum Gasteiger partial charge on any atom is 0.340 e. The third kappa shape index (κ3) is 1.45. The van der Waals surface area contributed by atoms with E-state index in [1.54, 1.807) is 0 Å². The van der Waals surface area contributed by atoms with Gasteiger partial charge in [-0.05, 0) is 11.6 Å². The molecule has 0 fully saturated rings. The number of carboxylic acids is 2. The van der Waals surface area contributed by atoms with Crippen molar-refractivity contribution < 1.29 is 19.8 Å². The van der Waals surface area contributed by atoms with Crippen molar-refractivity contribution in [1.29, 1.82) is 0 Å². The maximum absolute atomic E-state index is 10.7. The van der Waals surface area contributed by atoms with Gasteiger partial charge in [-0.25, -0.2) is 9.59 Å². The molecule has 0 aliphatic heterocycles. The van der Waals surface area contributed by atoms with Crippen molar-refractivity contribution in [1.82, 2.24) is 0 Å². The van der Waals surface area contributed by atoms with Gasteiger partial charge in [0.15, 0.2) is 0 Å². The van der Waals surface area contributed by atoms with Gasteiger partial charge in [0.25, 0.3) is 0 Å². The van der Waals surface area contributed by atoms with Gasteiger partial charge >= 0.3 is 11.9 Å². The predicted molar refractivity (Wildman–Crippen MR) is 46.4 cm³/mol. The van der Waals surface area contributed by atoms with E-state index in [0.717, 1.165) is 0 Å². The zero-order chi connectivity index (χ0) is 10.8. The predicted octanol–water partition coefficient (Wildman–Crippen LogP) is -0.190. The Bertz CT molecular complexity index is 346. The molecule has 0 bridgehead atoms. The first-order valence-corrected chi connectivity index (χ1v) is 3.72. The minimum Gasteiger partial charge on any atom is -0.479 e. The minimum atomic E-state index is -2.39. The molecular formula is C9H8NO4. The van der Waals surface area contributed by atoms with Crippen molar-refractivity contribution in [2.24, 2.45) is 5.73 Å². The molecule has 1 radical (unpaired) electrons. The fourth-order valence-electron chi connectivity index (χ4n) is 0.988. The van der Waals surface area contributed by atoms with E-state index in [2.05, 4.69) is 6.07 Å². The Hall–Kier alpha value is -1.88. The van der Waals surface area contributed by atoms with Gasteiger partial charge in [-0.2, -0.15) is 0 Å². The van der Waals surface area contributed by atoms with Crippen LogP contribution in [0, 0.1) is 6.07 Å². The van der Waals surface area contributed by atoms with Gasteiger partial charge in [0, 0.05) is 0 Å². The van der Waals surface area contributed by atoms with Gasteiger partial charge in [-0.1, -0.05) is 24.3 Å². The van der Waals surface area contributed by atoms with Gasteiger partial charge < -0.3 is 15.9 Å². The summed E-state index contributed by atoms with van der Waals surface area (Å²) < 4.78 is 0. The molecule has 1 rings (SSSR count). The second-order valence-corrected chi connectivity index (χ2v) is 2.71. The Morgan fingerprint density at radius 1 is 1.21 bits per heavy atom. The molecule has 5 heteroatoms. The molecule has 0 saturated heterocycles. The highest BCUT2D eigenvalue weighted by Gasteiger charge is 2.44. The van der Waals surface area contributed by atoms with Crippen LogP contribution >= 0.6 is 0 Å². The number of nitrogens with two attached hydrogens (primary N) is 1. The van der Waals surface area contributed by atoms with Crippen LogP contribution in [-0.2, 0) is 15.1 Å². The minimum absolute atomic E-state index is 0.0104. The molecule has 0 aromatic heterocycles. The molecule has 0 unspecified atom stereocenters. The number of hydrogen-bond acceptors (Lipinski definition) is 3. The molecule has 0 heterocycles. The van der Waals surface area contributed by atoms with E-state index in [4.69, 9.17) is 15.9 Å². The highest BCUT2D eigenvalue weighted by molar-refractivity contribution is 6.03. The van der Waals surface area contributed by atoms with Crippen molar-refractivity contribution in [3.8, 4) is 0 Å². The van der Waals surface area contributed by atoms with Crippen LogP contribution in [0.5, 0.6) is 0 Å². The van der Waals surface area contributed by atoms with Crippen LogP contribution in [0.15, 0.2) is 24.3 Å². The number of benzene rings is 1. The van der Waals surface area contributed by atoms with Gasteiger partial charge in [-0.15, -0.1) is 0 Å². The zero-order valence-corrected chi connectivity index (χ0v) is 7.10. The van der Waals surface area contributed by atoms with E-state index in [0.29, 0.717) is 0 Å². The maximum atomic E-state index is 10.7. The van der Waals surface area contributed by atoms with Crippen LogP contribution in [0.2, 0.25) is 0 Å². The fourth-order valence-corrected chi connectivity index (χ4v) is 0.988. The molecule has 1 aromatic rings. The molecule has 5 nitrogen and oxygen atoms in total. The van der Waals surface area contributed by atoms with Crippen LogP contribution in [0.3, 0.4) is 0 Å². The van der Waals surface area contributed by atoms with E-state index in [-0.39, 0.29) is 5.56 Å². The van der Waals surface area contributed by atoms with E-state index in [1.165, 1.54) is 24.3 Å². The molecule has 0 spiro atoms. The normalized spacial score (nSPS) is 10.9. The Morgan fingerprint density at radius 3 is 2.00 bits per heavy atom. The first-order valence-electron chi connectivity index (χ1n) is 3.72. The van der Waals surface area contributed by atoms with Gasteiger partial charge in [0.1, 0.15) is 0 Å². The van der Waals surface area contributed by atoms with Crippen LogP contribution in [0.1, 0.15) is 5.56 Å². The largest absolute Gasteiger partial charge is 0.479 e. The second kappa shape index (κ2) is 3.47. The Kier molecular flexibility index (Phi) is 2.53. The lowest BCUT2D eigenvalue weighted by molar-refractivity contribution is -0.157. The lowest BCUT2D eigenvalue weighted by Crippen LogP contribution is -2.51. The van der Waals surface area contributed by atoms with Gasteiger partial charge in [-0.3, -0.25) is 0 Å². The first-order chi connectivity index (χ1) is 6.49. The second-order valence-electron chi connectivity index (χ2n) is 2.71. The highest BCUT2D eigenvalue weighted by atomic mass is 16.4. The van der Waals surface area contributed by atoms with E-state index in [1.807, 2.05) is 0 Å². The Morgan fingerprint density at radius 2 is 1.64 bits per heavy atom. The van der Waals surface area contributed by atoms with Crippen LogP contribution in [-0.4, -0.2) is 22.2 Å². The summed E-state index contributed by atoms with van der Waals surface area (Å²) in [6.45, 7) is 0. The lowest BCUT2D eigenvalue weighted by Gasteiger charge is -2.19. The number of carboxylic acid groups (broad SMARTS) is 2. The molecule has 0 atom stereocenters. The third-order valence-electron chi connectivity index (χ3n) is 1.85. The first kappa shape index (κ1) is 10.2. The summed E-state index contributed by atoms with van der Waals surface area (Å²) in [5.41, 5.74) is 2.91. The van der Waals surface area contributed by atoms with Crippen molar-refractivity contribution in [3.63, 3.8) is 0 Å². The molecule has 0 aliphatic carbocycles. The Balaban J connectivity index is 3.27. The summed E-state index contributed by atoms with van der Waals surface area (Å²) in [6, 6.07) is 8.07. The van der Waals surface area contributed by atoms with Gasteiger partial charge in [0.2, 0.25) is 5.54 Å². The highest BCUT2D eigenvalue weighted by Crippen LogP contribution is 2.18. The monoisotopic (exact) mass is 194 g/mol. The summed E-state index contributed by atoms with van der Waals surface area (Å²) in [5, 5.41) is 17.5. The number of aliphatic carboxylic acids is 2. The van der Waals surface area contributed by atoms with Crippen molar-refractivity contribution in [2.45, 2.75) is 5.54 Å². The van der Waals surface area contributed by atoms with Crippen molar-refractivity contribution in [2.75, 3.05) is 0 Å². The molecular weight excluding hydrogens is 186 g/mol. The molecule has 73 valence electrons. The Labute approximate surface area is 79.8 Å². The third-order valence-corrected chi connectivity index (χ3v) is 1.85. The summed E-state index contributed by atoms with van der Waals surface area (Å²) in [5.74, 6) is -3.20. The van der Waals surface area contributed by atoms with Crippen molar-refractivity contribution in [3.05, 3.63) is 35.9 Å². The average molecular weight is 194 g/mol. The van der Waals surface area contributed by atoms with E-state index < -0.39 is 17.5 Å². The van der Waals surface area contributed by atoms with E-state index in [9.17, 15) is 9.59 Å². The quantitative estimate of drug-likeness (QED) is 0.579. The molecule has 0 amide bonds. The average Bonchev–Trinajstić information content (AvgIpc) is 2.17. The standard InChI is InChI=1S/C9H8NO4/c10-9(7(11)12,8(13)14)6-4-2-1-3-5-6/h2-5H,10H2,(H,11,12)(H,13,14). The molecule has 4 N–H and O–H groups in total. The zero-order valence-electron chi connectivity index (χ0n) is 7.10. The summed E-state index contributed by atoms with van der Waals surface area (Å²) in [7, 11) is 0. The summed E-state index contributed by atoms with van der Waals surface area (Å²) in [6.07, 6.45) is 0. The number of rotatable bonds is 3. The fraction of sp³-hybridized carbons (Fsp3) is 0.111. The smallest absolute Gasteiger partial charge is 0.340 e. The molecule has 14 heavy (non-hydrogen) atoms.